The second kappa shape index (κ2) is 6.21. The van der Waals surface area contributed by atoms with Crippen molar-refractivity contribution in [3.63, 3.8) is 0 Å². The molecule has 1 nitrogen and oxygen atoms in total. The van der Waals surface area contributed by atoms with Gasteiger partial charge in [-0.25, -0.2) is 0 Å². The fourth-order valence-electron chi connectivity index (χ4n) is 2.25. The molecule has 0 fully saturated rings. The number of benzene rings is 1. The van der Waals surface area contributed by atoms with E-state index in [4.69, 9.17) is 0 Å². The molecule has 0 saturated carbocycles. The maximum absolute atomic E-state index is 3.67. The Kier molecular flexibility index (Phi) is 5.42. The van der Waals surface area contributed by atoms with Gasteiger partial charge in [0.2, 0.25) is 0 Å². The van der Waals surface area contributed by atoms with Gasteiger partial charge < -0.3 is 5.32 Å². The second-order valence-corrected chi connectivity index (χ2v) is 7.01. The predicted octanol–water partition coefficient (Wildman–Crippen LogP) is 4.90. The van der Waals surface area contributed by atoms with Crippen LogP contribution in [0.5, 0.6) is 0 Å². The molecule has 1 aromatic rings. The molecule has 0 amide bonds. The molecule has 0 bridgehead atoms. The van der Waals surface area contributed by atoms with E-state index in [1.807, 2.05) is 0 Å². The lowest BCUT2D eigenvalue weighted by Gasteiger charge is -2.36. The van der Waals surface area contributed by atoms with E-state index in [2.05, 4.69) is 80.1 Å². The second-order valence-electron chi connectivity index (χ2n) is 6.10. The van der Waals surface area contributed by atoms with Crippen LogP contribution in [-0.2, 0) is 5.41 Å². The van der Waals surface area contributed by atoms with Crippen LogP contribution in [0.2, 0.25) is 0 Å². The quantitative estimate of drug-likeness (QED) is 0.816. The topological polar surface area (TPSA) is 12.0 Å². The molecule has 102 valence electrons. The Labute approximate surface area is 120 Å². The lowest BCUT2D eigenvalue weighted by atomic mass is 9.75. The summed E-state index contributed by atoms with van der Waals surface area (Å²) in [5.41, 5.74) is 1.85. The first kappa shape index (κ1) is 15.7. The summed E-state index contributed by atoms with van der Waals surface area (Å²) >= 11 is 3.51. The summed E-state index contributed by atoms with van der Waals surface area (Å²) in [6, 6.07) is 8.79. The van der Waals surface area contributed by atoms with Crippen LogP contribution in [0.25, 0.3) is 0 Å². The van der Waals surface area contributed by atoms with Gasteiger partial charge in [-0.15, -0.1) is 0 Å². The van der Waals surface area contributed by atoms with E-state index in [0.717, 1.165) is 23.9 Å². The Hall–Kier alpha value is -0.340. The van der Waals surface area contributed by atoms with Gasteiger partial charge in [-0.05, 0) is 51.3 Å². The highest BCUT2D eigenvalue weighted by atomic mass is 79.9. The molecular formula is C16H26BrN. The van der Waals surface area contributed by atoms with Crippen LogP contribution in [0.15, 0.2) is 28.7 Å². The minimum Gasteiger partial charge on any atom is -0.311 e. The molecule has 2 heteroatoms. The van der Waals surface area contributed by atoms with Gasteiger partial charge in [-0.3, -0.25) is 0 Å². The molecule has 0 unspecified atom stereocenters. The van der Waals surface area contributed by atoms with Crippen molar-refractivity contribution in [1.82, 2.24) is 5.32 Å². The van der Waals surface area contributed by atoms with E-state index in [9.17, 15) is 0 Å². The highest BCUT2D eigenvalue weighted by molar-refractivity contribution is 9.10. The summed E-state index contributed by atoms with van der Waals surface area (Å²) in [6.07, 6.45) is 2.32. The van der Waals surface area contributed by atoms with Gasteiger partial charge in [0.05, 0.1) is 0 Å². The van der Waals surface area contributed by atoms with Crippen LogP contribution < -0.4 is 5.32 Å². The van der Waals surface area contributed by atoms with Gasteiger partial charge in [-0.2, -0.15) is 0 Å². The van der Waals surface area contributed by atoms with Gasteiger partial charge in [-0.1, -0.05) is 41.9 Å². The smallest absolute Gasteiger partial charge is 0.0175 e. The summed E-state index contributed by atoms with van der Waals surface area (Å²) < 4.78 is 1.15. The molecular weight excluding hydrogens is 286 g/mol. The van der Waals surface area contributed by atoms with Gasteiger partial charge in [0.25, 0.3) is 0 Å². The number of hydrogen-bond donors (Lipinski definition) is 1. The molecule has 0 aliphatic rings. The Morgan fingerprint density at radius 3 is 1.89 bits per heavy atom. The summed E-state index contributed by atoms with van der Waals surface area (Å²) in [6.45, 7) is 12.3. The van der Waals surface area contributed by atoms with E-state index in [1.54, 1.807) is 0 Å². The largest absolute Gasteiger partial charge is 0.311 e. The van der Waals surface area contributed by atoms with Crippen molar-refractivity contribution in [2.24, 2.45) is 0 Å². The highest BCUT2D eigenvalue weighted by Crippen LogP contribution is 2.32. The average Bonchev–Trinajstić information content (AvgIpc) is 2.32. The third-order valence-electron chi connectivity index (χ3n) is 3.77. The summed E-state index contributed by atoms with van der Waals surface area (Å²) in [5, 5.41) is 3.67. The van der Waals surface area contributed by atoms with E-state index in [-0.39, 0.29) is 11.0 Å². The van der Waals surface area contributed by atoms with Crippen LogP contribution in [0.3, 0.4) is 0 Å². The Morgan fingerprint density at radius 2 is 1.50 bits per heavy atom. The Bertz CT molecular complexity index is 358. The van der Waals surface area contributed by atoms with Crippen molar-refractivity contribution in [3.8, 4) is 0 Å². The Balaban J connectivity index is 2.95. The summed E-state index contributed by atoms with van der Waals surface area (Å²) in [7, 11) is 0. The van der Waals surface area contributed by atoms with Crippen LogP contribution in [-0.4, -0.2) is 12.1 Å². The molecule has 0 atom stereocenters. The molecule has 0 spiro atoms. The number of halogens is 1. The van der Waals surface area contributed by atoms with E-state index in [1.165, 1.54) is 5.56 Å². The molecule has 1 aromatic carbocycles. The molecule has 0 aromatic heterocycles. The average molecular weight is 312 g/mol. The summed E-state index contributed by atoms with van der Waals surface area (Å²) in [4.78, 5) is 0. The first-order valence-electron chi connectivity index (χ1n) is 6.84. The predicted molar refractivity (Wildman–Crippen MR) is 84.2 cm³/mol. The zero-order valence-corrected chi connectivity index (χ0v) is 13.9. The minimum atomic E-state index is 0.172. The summed E-state index contributed by atoms with van der Waals surface area (Å²) in [5.74, 6) is 0. The van der Waals surface area contributed by atoms with Crippen LogP contribution in [0.1, 0.15) is 53.0 Å². The van der Waals surface area contributed by atoms with Gasteiger partial charge in [0.1, 0.15) is 0 Å². The van der Waals surface area contributed by atoms with Crippen molar-refractivity contribution in [3.05, 3.63) is 34.3 Å². The van der Waals surface area contributed by atoms with Crippen LogP contribution in [0, 0.1) is 0 Å². The maximum atomic E-state index is 3.67. The molecule has 0 saturated heterocycles. The molecule has 0 aliphatic heterocycles. The van der Waals surface area contributed by atoms with Gasteiger partial charge >= 0.3 is 0 Å². The zero-order chi connectivity index (χ0) is 13.8. The zero-order valence-electron chi connectivity index (χ0n) is 12.3. The number of rotatable bonds is 5. The van der Waals surface area contributed by atoms with E-state index in [0.29, 0.717) is 0 Å². The monoisotopic (exact) mass is 311 g/mol. The maximum Gasteiger partial charge on any atom is 0.0175 e. The lowest BCUT2D eigenvalue weighted by molar-refractivity contribution is 0.313. The molecule has 0 heterocycles. The minimum absolute atomic E-state index is 0.172. The fourth-order valence-corrected chi connectivity index (χ4v) is 2.51. The van der Waals surface area contributed by atoms with Gasteiger partial charge in [0.15, 0.2) is 0 Å². The normalized spacial score (nSPS) is 12.8. The first-order chi connectivity index (χ1) is 8.33. The first-order valence-corrected chi connectivity index (χ1v) is 7.63. The fraction of sp³-hybridized carbons (Fsp3) is 0.625. The standard InChI is InChI=1S/C16H26BrN/c1-6-16(7-2,12-18-15(3,4)5)13-8-10-14(17)11-9-13/h8-11,18H,6-7,12H2,1-5H3. The lowest BCUT2D eigenvalue weighted by Crippen LogP contribution is -2.45. The molecule has 18 heavy (non-hydrogen) atoms. The third-order valence-corrected chi connectivity index (χ3v) is 4.30. The molecule has 0 aliphatic carbocycles. The van der Waals surface area contributed by atoms with Crippen molar-refractivity contribution >= 4 is 15.9 Å². The van der Waals surface area contributed by atoms with E-state index < -0.39 is 0 Å². The number of hydrogen-bond acceptors (Lipinski definition) is 1. The van der Waals surface area contributed by atoms with Crippen LogP contribution in [0.4, 0.5) is 0 Å². The van der Waals surface area contributed by atoms with Crippen molar-refractivity contribution < 1.29 is 0 Å². The van der Waals surface area contributed by atoms with Crippen molar-refractivity contribution in [2.75, 3.05) is 6.54 Å². The molecule has 1 rings (SSSR count). The van der Waals surface area contributed by atoms with Crippen molar-refractivity contribution in [1.29, 1.82) is 0 Å². The molecule has 0 radical (unpaired) electrons. The molecule has 1 N–H and O–H groups in total. The SMILES string of the molecule is CCC(CC)(CNC(C)(C)C)c1ccc(Br)cc1. The van der Waals surface area contributed by atoms with Gasteiger partial charge in [0, 0.05) is 22.0 Å². The number of nitrogens with one attached hydrogen (secondary N) is 1. The van der Waals surface area contributed by atoms with E-state index >= 15 is 0 Å². The third kappa shape index (κ3) is 4.10. The highest BCUT2D eigenvalue weighted by Gasteiger charge is 2.29. The Morgan fingerprint density at radius 1 is 1.00 bits per heavy atom. The van der Waals surface area contributed by atoms with Crippen LogP contribution >= 0.6 is 15.9 Å². The van der Waals surface area contributed by atoms with Crippen molar-refractivity contribution in [2.45, 2.75) is 58.4 Å².